The molecule has 0 aliphatic rings. The highest BCUT2D eigenvalue weighted by Crippen LogP contribution is 2.43. The summed E-state index contributed by atoms with van der Waals surface area (Å²) in [5.41, 5.74) is 0. The van der Waals surface area contributed by atoms with E-state index >= 15 is 0 Å². The topological polar surface area (TPSA) is 94.1 Å². The number of phosphoric acid groups is 1. The maximum Gasteiger partial charge on any atom is 0.472 e. The molecule has 0 bridgehead atoms. The fraction of sp³-hybridized carbons (Fsp3) is 0.950. The van der Waals surface area contributed by atoms with Gasteiger partial charge in [-0.2, -0.15) is 0 Å². The maximum absolute atomic E-state index is 12.1. The van der Waals surface area contributed by atoms with Gasteiger partial charge in [-0.25, -0.2) is 4.57 Å². The minimum absolute atomic E-state index is 0.0246. The van der Waals surface area contributed by atoms with Crippen LogP contribution in [-0.4, -0.2) is 48.6 Å². The molecule has 0 aromatic rings. The van der Waals surface area contributed by atoms with Gasteiger partial charge in [0.2, 0.25) is 5.91 Å². The van der Waals surface area contributed by atoms with Gasteiger partial charge in [0.25, 0.3) is 0 Å². The summed E-state index contributed by atoms with van der Waals surface area (Å²) >= 11 is 3.13. The Morgan fingerprint density at radius 1 is 0.966 bits per heavy atom. The molecule has 29 heavy (non-hydrogen) atoms. The number of hydrogen-bond donors (Lipinski definition) is 2. The Morgan fingerprint density at radius 3 is 2.24 bits per heavy atom. The Kier molecular flexibility index (Phi) is 20.0. The first-order valence-electron chi connectivity index (χ1n) is 11.0. The van der Waals surface area contributed by atoms with Gasteiger partial charge < -0.3 is 14.9 Å². The van der Waals surface area contributed by atoms with E-state index in [4.69, 9.17) is 13.8 Å². The molecule has 2 atom stereocenters. The van der Waals surface area contributed by atoms with E-state index in [1.807, 2.05) is 0 Å². The van der Waals surface area contributed by atoms with Crippen molar-refractivity contribution in [2.45, 2.75) is 90.6 Å². The number of rotatable bonds is 21. The molecule has 0 aliphatic heterocycles. The van der Waals surface area contributed by atoms with Crippen molar-refractivity contribution in [2.75, 3.05) is 31.7 Å². The predicted octanol–water partition coefficient (Wildman–Crippen LogP) is 5.35. The molecule has 2 N–H and O–H groups in total. The quantitative estimate of drug-likeness (QED) is 0.125. The molecule has 0 rings (SSSR count). The van der Waals surface area contributed by atoms with Gasteiger partial charge in [0.05, 0.1) is 19.3 Å². The molecule has 0 saturated carbocycles. The molecule has 2 unspecified atom stereocenters. The Bertz CT molecular complexity index is 441. The number of hydrogen-bond acceptors (Lipinski definition) is 5. The second-order valence-corrected chi connectivity index (χ2v) is 9.41. The highest BCUT2D eigenvalue weighted by atomic mass is 79.9. The van der Waals surface area contributed by atoms with Crippen LogP contribution >= 0.6 is 23.8 Å². The third-order valence-corrected chi connectivity index (χ3v) is 5.70. The van der Waals surface area contributed by atoms with E-state index in [0.717, 1.165) is 32.1 Å². The van der Waals surface area contributed by atoms with Crippen LogP contribution in [0.3, 0.4) is 0 Å². The SMILES string of the molecule is CCCCCCCCCC(=O)NCC(COP(=O)(O)OCCBr)OCCCCC. The first-order valence-corrected chi connectivity index (χ1v) is 13.6. The maximum atomic E-state index is 12.1. The van der Waals surface area contributed by atoms with Crippen molar-refractivity contribution in [1.29, 1.82) is 0 Å². The fourth-order valence-corrected chi connectivity index (χ4v) is 3.85. The van der Waals surface area contributed by atoms with E-state index in [0.29, 0.717) is 18.4 Å². The summed E-state index contributed by atoms with van der Waals surface area (Å²) in [6, 6.07) is 0. The first kappa shape index (κ1) is 29.0. The van der Waals surface area contributed by atoms with Crippen molar-refractivity contribution in [2.24, 2.45) is 0 Å². The number of carbonyl (C=O) groups is 1. The Labute approximate surface area is 185 Å². The lowest BCUT2D eigenvalue weighted by Crippen LogP contribution is -2.36. The summed E-state index contributed by atoms with van der Waals surface area (Å²) in [5, 5.41) is 3.29. The number of amides is 1. The van der Waals surface area contributed by atoms with Crippen LogP contribution in [0.25, 0.3) is 0 Å². The van der Waals surface area contributed by atoms with Crippen LogP contribution in [-0.2, 0) is 23.1 Å². The number of carbonyl (C=O) groups excluding carboxylic acids is 1. The van der Waals surface area contributed by atoms with Crippen molar-refractivity contribution < 1.29 is 28.0 Å². The van der Waals surface area contributed by atoms with Crippen LogP contribution in [0.15, 0.2) is 0 Å². The van der Waals surface area contributed by atoms with Crippen LogP contribution in [0.1, 0.15) is 84.5 Å². The third-order valence-electron chi connectivity index (χ3n) is 4.39. The zero-order chi connectivity index (χ0) is 21.8. The summed E-state index contributed by atoms with van der Waals surface area (Å²) in [6.07, 6.45) is 11.2. The molecule has 9 heteroatoms. The van der Waals surface area contributed by atoms with E-state index < -0.39 is 13.9 Å². The third kappa shape index (κ3) is 19.7. The summed E-state index contributed by atoms with van der Waals surface area (Å²) in [6.45, 7) is 5.04. The Morgan fingerprint density at radius 2 is 1.59 bits per heavy atom. The number of nitrogens with one attached hydrogen (secondary N) is 1. The molecular weight excluding hydrogens is 461 g/mol. The zero-order valence-electron chi connectivity index (χ0n) is 18.2. The molecule has 7 nitrogen and oxygen atoms in total. The highest BCUT2D eigenvalue weighted by Gasteiger charge is 2.23. The van der Waals surface area contributed by atoms with Crippen molar-refractivity contribution >= 4 is 29.7 Å². The number of halogens is 1. The Balaban J connectivity index is 4.17. The van der Waals surface area contributed by atoms with E-state index in [9.17, 15) is 14.3 Å². The lowest BCUT2D eigenvalue weighted by Gasteiger charge is -2.20. The minimum atomic E-state index is -4.11. The number of ether oxygens (including phenoxy) is 1. The number of alkyl halides is 1. The molecule has 0 radical (unpaired) electrons. The van der Waals surface area contributed by atoms with Crippen LogP contribution in [0.4, 0.5) is 0 Å². The highest BCUT2D eigenvalue weighted by molar-refractivity contribution is 9.09. The van der Waals surface area contributed by atoms with E-state index in [1.54, 1.807) is 0 Å². The van der Waals surface area contributed by atoms with Crippen LogP contribution in [0, 0.1) is 0 Å². The average Bonchev–Trinajstić information content (AvgIpc) is 2.70. The molecule has 0 aromatic carbocycles. The zero-order valence-corrected chi connectivity index (χ0v) is 20.7. The smallest absolute Gasteiger partial charge is 0.374 e. The van der Waals surface area contributed by atoms with E-state index in [-0.39, 0.29) is 25.7 Å². The van der Waals surface area contributed by atoms with Gasteiger partial charge in [0.15, 0.2) is 0 Å². The molecular formula is C20H41BrNO6P. The van der Waals surface area contributed by atoms with Crippen molar-refractivity contribution in [3.05, 3.63) is 0 Å². The number of unbranched alkanes of at least 4 members (excludes halogenated alkanes) is 8. The number of phosphoric ester groups is 1. The van der Waals surface area contributed by atoms with Crippen molar-refractivity contribution in [3.8, 4) is 0 Å². The molecule has 0 fully saturated rings. The average molecular weight is 502 g/mol. The molecule has 1 amide bonds. The van der Waals surface area contributed by atoms with Crippen LogP contribution in [0.5, 0.6) is 0 Å². The van der Waals surface area contributed by atoms with Gasteiger partial charge in [0.1, 0.15) is 0 Å². The van der Waals surface area contributed by atoms with Crippen LogP contribution < -0.4 is 5.32 Å². The van der Waals surface area contributed by atoms with Crippen molar-refractivity contribution in [1.82, 2.24) is 5.32 Å². The Hall–Kier alpha value is 0.0200. The largest absolute Gasteiger partial charge is 0.472 e. The van der Waals surface area contributed by atoms with Gasteiger partial charge in [-0.15, -0.1) is 0 Å². The second-order valence-electron chi connectivity index (χ2n) is 7.16. The van der Waals surface area contributed by atoms with Gasteiger partial charge >= 0.3 is 7.82 Å². The van der Waals surface area contributed by atoms with E-state index in [2.05, 4.69) is 35.1 Å². The lowest BCUT2D eigenvalue weighted by molar-refractivity contribution is -0.122. The van der Waals surface area contributed by atoms with Gasteiger partial charge in [-0.05, 0) is 12.8 Å². The molecule has 0 saturated heterocycles. The normalized spacial score (nSPS) is 14.5. The minimum Gasteiger partial charge on any atom is -0.374 e. The fourth-order valence-electron chi connectivity index (χ4n) is 2.69. The molecule has 0 heterocycles. The van der Waals surface area contributed by atoms with Gasteiger partial charge in [0, 0.05) is 24.9 Å². The molecule has 174 valence electrons. The summed E-state index contributed by atoms with van der Waals surface area (Å²) in [5.74, 6) is -0.0246. The summed E-state index contributed by atoms with van der Waals surface area (Å²) in [7, 11) is -4.11. The van der Waals surface area contributed by atoms with Crippen LogP contribution in [0.2, 0.25) is 0 Å². The van der Waals surface area contributed by atoms with Gasteiger partial charge in [-0.1, -0.05) is 81.1 Å². The standard InChI is InChI=1S/C20H41BrNO6P/c1-3-5-7-8-9-10-11-13-20(23)22-17-19(26-15-12-6-4-2)18-28-29(24,25)27-16-14-21/h19H,3-18H2,1-2H3,(H,22,23)(H,24,25). The van der Waals surface area contributed by atoms with Gasteiger partial charge in [-0.3, -0.25) is 13.8 Å². The molecule has 0 aromatic heterocycles. The summed E-state index contributed by atoms with van der Waals surface area (Å²) in [4.78, 5) is 21.7. The monoisotopic (exact) mass is 501 g/mol. The first-order chi connectivity index (χ1) is 13.9. The second kappa shape index (κ2) is 20.0. The lowest BCUT2D eigenvalue weighted by atomic mass is 10.1. The molecule has 0 aliphatic carbocycles. The molecule has 0 spiro atoms. The van der Waals surface area contributed by atoms with E-state index in [1.165, 1.54) is 32.1 Å². The predicted molar refractivity (Wildman–Crippen MR) is 120 cm³/mol. The van der Waals surface area contributed by atoms with Crippen molar-refractivity contribution in [3.63, 3.8) is 0 Å². The summed E-state index contributed by atoms with van der Waals surface area (Å²) < 4.78 is 27.4.